The molecule has 30 heavy (non-hydrogen) atoms. The molecule has 0 bridgehead atoms. The van der Waals surface area contributed by atoms with Crippen LogP contribution in [0.2, 0.25) is 0 Å². The zero-order valence-electron chi connectivity index (χ0n) is 15.8. The minimum absolute atomic E-state index is 0.0608. The number of aromatic nitrogens is 1. The van der Waals surface area contributed by atoms with E-state index in [1.54, 1.807) is 35.0 Å². The van der Waals surface area contributed by atoms with Gasteiger partial charge in [0.25, 0.3) is 5.91 Å². The lowest BCUT2D eigenvalue weighted by molar-refractivity contribution is -0.137. The average Bonchev–Trinajstić information content (AvgIpc) is 3.37. The lowest BCUT2D eigenvalue weighted by atomic mass is 10.1. The molecule has 0 saturated heterocycles. The van der Waals surface area contributed by atoms with Gasteiger partial charge in [-0.15, -0.1) is 11.3 Å². The number of thiophene rings is 1. The third kappa shape index (κ3) is 4.20. The third-order valence-corrected chi connectivity index (χ3v) is 5.54. The molecule has 8 nitrogen and oxygen atoms in total. The van der Waals surface area contributed by atoms with Gasteiger partial charge in [-0.3, -0.25) is 24.5 Å². The number of hydrogen-bond donors (Lipinski definition) is 3. The van der Waals surface area contributed by atoms with Crippen molar-refractivity contribution in [2.45, 2.75) is 25.4 Å². The Hall–Kier alpha value is -3.59. The van der Waals surface area contributed by atoms with Gasteiger partial charge in [0.15, 0.2) is 6.10 Å². The topological polar surface area (TPSA) is 110 Å². The molecule has 0 radical (unpaired) electrons. The summed E-state index contributed by atoms with van der Waals surface area (Å²) in [4.78, 5) is 37.0. The molecule has 0 unspecified atom stereocenters. The highest BCUT2D eigenvalue weighted by atomic mass is 32.1. The number of fused-ring (bicyclic) bond motifs is 1. The molecular formula is C21H19N3O5S. The number of benzene rings is 1. The van der Waals surface area contributed by atoms with Crippen molar-refractivity contribution in [3.05, 3.63) is 59.6 Å². The maximum absolute atomic E-state index is 12.7. The van der Waals surface area contributed by atoms with E-state index >= 15 is 0 Å². The minimum Gasteiger partial charge on any atom is -0.481 e. The number of nitrogens with zero attached hydrogens (tertiary/aromatic N) is 1. The maximum Gasteiger partial charge on any atom is 0.303 e. The third-order valence-electron chi connectivity index (χ3n) is 4.64. The fourth-order valence-corrected chi connectivity index (χ4v) is 3.96. The summed E-state index contributed by atoms with van der Waals surface area (Å²) in [6, 6.07) is 14.5. The van der Waals surface area contributed by atoms with Crippen LogP contribution in [-0.4, -0.2) is 33.7 Å². The van der Waals surface area contributed by atoms with E-state index in [9.17, 15) is 14.4 Å². The Kier molecular flexibility index (Phi) is 5.53. The van der Waals surface area contributed by atoms with E-state index in [1.807, 2.05) is 23.6 Å². The molecule has 0 fully saturated rings. The molecule has 0 saturated carbocycles. The van der Waals surface area contributed by atoms with E-state index in [-0.39, 0.29) is 25.2 Å². The normalized spacial score (nSPS) is 15.1. The first kappa shape index (κ1) is 19.7. The molecule has 154 valence electrons. The number of hydrogen-bond acceptors (Lipinski definition) is 5. The smallest absolute Gasteiger partial charge is 0.303 e. The van der Waals surface area contributed by atoms with Crippen LogP contribution in [0.5, 0.6) is 5.75 Å². The number of carboxylic acids is 1. The second kappa shape index (κ2) is 8.42. The predicted molar refractivity (Wildman–Crippen MR) is 112 cm³/mol. The highest BCUT2D eigenvalue weighted by molar-refractivity contribution is 7.13. The molecule has 1 atom stereocenters. The van der Waals surface area contributed by atoms with Crippen LogP contribution in [0.3, 0.4) is 0 Å². The van der Waals surface area contributed by atoms with Crippen LogP contribution >= 0.6 is 11.3 Å². The van der Waals surface area contributed by atoms with Gasteiger partial charge in [-0.05, 0) is 35.7 Å². The summed E-state index contributed by atoms with van der Waals surface area (Å²) in [6.45, 7) is 0. The first-order valence-corrected chi connectivity index (χ1v) is 10.2. The predicted octanol–water partition coefficient (Wildman–Crippen LogP) is 3.09. The average molecular weight is 425 g/mol. The summed E-state index contributed by atoms with van der Waals surface area (Å²) in [5, 5.41) is 13.7. The monoisotopic (exact) mass is 425 g/mol. The molecule has 4 rings (SSSR count). The molecule has 1 aromatic carbocycles. The van der Waals surface area contributed by atoms with Gasteiger partial charge >= 0.3 is 5.97 Å². The summed E-state index contributed by atoms with van der Waals surface area (Å²) in [5.41, 5.74) is 4.77. The second-order valence-electron chi connectivity index (χ2n) is 6.75. The van der Waals surface area contributed by atoms with Crippen LogP contribution in [0, 0.1) is 0 Å². The molecule has 9 heteroatoms. The SMILES string of the molecule is O=C(O)CCc1ccc(-c2cccs2)n1NC(=O)C[C@@H]1Oc2ccccc2NC1=O. The summed E-state index contributed by atoms with van der Waals surface area (Å²) < 4.78 is 7.28. The molecule has 2 aromatic heterocycles. The van der Waals surface area contributed by atoms with Crippen molar-refractivity contribution in [1.82, 2.24) is 4.68 Å². The number of rotatable bonds is 7. The van der Waals surface area contributed by atoms with Crippen molar-refractivity contribution in [2.24, 2.45) is 0 Å². The Bertz CT molecular complexity index is 1090. The number of carboxylic acid groups (broad SMARTS) is 1. The van der Waals surface area contributed by atoms with Gasteiger partial charge in [-0.1, -0.05) is 18.2 Å². The Balaban J connectivity index is 1.52. The van der Waals surface area contributed by atoms with Gasteiger partial charge < -0.3 is 15.2 Å². The minimum atomic E-state index is -0.955. The van der Waals surface area contributed by atoms with E-state index in [4.69, 9.17) is 9.84 Å². The molecule has 1 aliphatic rings. The lowest BCUT2D eigenvalue weighted by Gasteiger charge is -2.25. The van der Waals surface area contributed by atoms with Crippen molar-refractivity contribution in [1.29, 1.82) is 0 Å². The van der Waals surface area contributed by atoms with Gasteiger partial charge in [-0.2, -0.15) is 0 Å². The largest absolute Gasteiger partial charge is 0.481 e. The van der Waals surface area contributed by atoms with Gasteiger partial charge in [0.05, 0.1) is 29.1 Å². The van der Waals surface area contributed by atoms with Crippen LogP contribution in [0.25, 0.3) is 10.6 Å². The molecule has 2 amide bonds. The molecule has 0 spiro atoms. The van der Waals surface area contributed by atoms with Gasteiger partial charge in [0.2, 0.25) is 5.91 Å². The summed E-state index contributed by atoms with van der Waals surface area (Å²) >= 11 is 1.51. The first-order valence-electron chi connectivity index (χ1n) is 9.34. The number of para-hydroxylation sites is 2. The van der Waals surface area contributed by atoms with E-state index in [0.29, 0.717) is 17.1 Å². The number of aryl methyl sites for hydroxylation is 1. The fraction of sp³-hybridized carbons (Fsp3) is 0.190. The van der Waals surface area contributed by atoms with Crippen molar-refractivity contribution in [2.75, 3.05) is 10.7 Å². The Morgan fingerprint density at radius 3 is 2.77 bits per heavy atom. The number of amides is 2. The van der Waals surface area contributed by atoms with Crippen molar-refractivity contribution in [3.63, 3.8) is 0 Å². The van der Waals surface area contributed by atoms with E-state index in [1.165, 1.54) is 11.3 Å². The summed E-state index contributed by atoms with van der Waals surface area (Å²) in [5.74, 6) is -1.21. The van der Waals surface area contributed by atoms with Crippen molar-refractivity contribution in [3.8, 4) is 16.3 Å². The van der Waals surface area contributed by atoms with Crippen LogP contribution in [0.4, 0.5) is 5.69 Å². The molecule has 1 aliphatic heterocycles. The molecular weight excluding hydrogens is 406 g/mol. The van der Waals surface area contributed by atoms with Gasteiger partial charge in [0, 0.05) is 12.1 Å². The van der Waals surface area contributed by atoms with Crippen LogP contribution in [0.1, 0.15) is 18.5 Å². The van der Waals surface area contributed by atoms with E-state index < -0.39 is 18.0 Å². The van der Waals surface area contributed by atoms with Crippen LogP contribution in [0.15, 0.2) is 53.9 Å². The highest BCUT2D eigenvalue weighted by Gasteiger charge is 2.30. The summed E-state index contributed by atoms with van der Waals surface area (Å²) in [6.07, 6.45) is -0.938. The Morgan fingerprint density at radius 1 is 1.17 bits per heavy atom. The Morgan fingerprint density at radius 2 is 2.00 bits per heavy atom. The zero-order chi connectivity index (χ0) is 21.1. The maximum atomic E-state index is 12.7. The number of carbonyl (C=O) groups excluding carboxylic acids is 2. The number of carbonyl (C=O) groups is 3. The molecule has 0 aliphatic carbocycles. The molecule has 3 aromatic rings. The quantitative estimate of drug-likeness (QED) is 0.539. The number of anilines is 1. The van der Waals surface area contributed by atoms with Crippen LogP contribution in [-0.2, 0) is 20.8 Å². The second-order valence-corrected chi connectivity index (χ2v) is 7.70. The number of ether oxygens (including phenoxy) is 1. The first-order chi connectivity index (χ1) is 14.5. The van der Waals surface area contributed by atoms with Gasteiger partial charge in [-0.25, -0.2) is 0 Å². The fourth-order valence-electron chi connectivity index (χ4n) is 3.22. The zero-order valence-corrected chi connectivity index (χ0v) is 16.6. The Labute approximate surface area is 176 Å². The van der Waals surface area contributed by atoms with Gasteiger partial charge in [0.1, 0.15) is 5.75 Å². The van der Waals surface area contributed by atoms with Crippen LogP contribution < -0.4 is 15.5 Å². The highest BCUT2D eigenvalue weighted by Crippen LogP contribution is 2.30. The van der Waals surface area contributed by atoms with Crippen molar-refractivity contribution >= 4 is 34.8 Å². The molecule has 3 N–H and O–H groups in total. The van der Waals surface area contributed by atoms with Crippen molar-refractivity contribution < 1.29 is 24.2 Å². The number of aliphatic carboxylic acids is 1. The van der Waals surface area contributed by atoms with E-state index in [0.717, 1.165) is 10.6 Å². The van der Waals surface area contributed by atoms with E-state index in [2.05, 4.69) is 10.7 Å². The number of nitrogens with one attached hydrogen (secondary N) is 2. The summed E-state index contributed by atoms with van der Waals surface area (Å²) in [7, 11) is 0. The standard InChI is InChI=1S/C21H19N3O5S/c25-19(12-17-21(28)22-14-4-1-2-5-16(14)29-17)23-24-13(8-10-20(26)27)7-9-15(24)18-6-3-11-30-18/h1-7,9,11,17H,8,10,12H2,(H,22,28)(H,23,25)(H,26,27)/t17-/m0/s1. The lowest BCUT2D eigenvalue weighted by Crippen LogP contribution is -2.40. The molecule has 3 heterocycles.